The van der Waals surface area contributed by atoms with E-state index >= 15 is 0 Å². The zero-order valence-corrected chi connectivity index (χ0v) is 31.0. The van der Waals surface area contributed by atoms with E-state index in [0.717, 1.165) is 10.5 Å². The van der Waals surface area contributed by atoms with E-state index < -0.39 is 40.5 Å². The first-order valence-corrected chi connectivity index (χ1v) is 18.2. The minimum absolute atomic E-state index is 0.0371. The Balaban J connectivity index is 0.942. The largest absolute Gasteiger partial charge is 0.489 e. The molecule has 3 aromatic rings. The van der Waals surface area contributed by atoms with Gasteiger partial charge in [0.25, 0.3) is 23.6 Å². The number of halogens is 1. The van der Waals surface area contributed by atoms with Gasteiger partial charge in [0.05, 0.1) is 21.7 Å². The summed E-state index contributed by atoms with van der Waals surface area (Å²) in [4.78, 5) is 80.3. The molecule has 14 heteroatoms. The molecule has 1 unspecified atom stereocenters. The van der Waals surface area contributed by atoms with Gasteiger partial charge in [-0.1, -0.05) is 51.4 Å². The summed E-state index contributed by atoms with van der Waals surface area (Å²) in [7, 11) is 0. The molecule has 3 aliphatic heterocycles. The molecule has 54 heavy (non-hydrogen) atoms. The highest BCUT2D eigenvalue weighted by molar-refractivity contribution is 6.31. The lowest BCUT2D eigenvalue weighted by molar-refractivity contribution is -0.164. The Morgan fingerprint density at radius 1 is 0.981 bits per heavy atom. The molecule has 278 valence electrons. The van der Waals surface area contributed by atoms with Crippen molar-refractivity contribution in [2.75, 3.05) is 18.4 Å². The number of amides is 6. The molecule has 6 amide bonds. The Morgan fingerprint density at radius 2 is 1.74 bits per heavy atom. The number of ether oxygens (including phenoxy) is 1. The van der Waals surface area contributed by atoms with E-state index in [1.807, 2.05) is 39.8 Å². The van der Waals surface area contributed by atoms with Gasteiger partial charge in [0.15, 0.2) is 0 Å². The molecule has 3 heterocycles. The number of nitriles is 1. The van der Waals surface area contributed by atoms with Gasteiger partial charge < -0.3 is 20.3 Å². The van der Waals surface area contributed by atoms with Gasteiger partial charge in [-0.2, -0.15) is 5.26 Å². The van der Waals surface area contributed by atoms with E-state index in [1.54, 1.807) is 47.4 Å². The van der Waals surface area contributed by atoms with Crippen molar-refractivity contribution in [1.82, 2.24) is 20.4 Å². The molecule has 13 nitrogen and oxygen atoms in total. The molecule has 2 fully saturated rings. The number of fused-ring (bicyclic) bond motifs is 2. The number of benzene rings is 3. The molecule has 1 saturated heterocycles. The number of nitrogens with zero attached hydrogens (tertiary/aromatic N) is 3. The number of nitrogens with one attached hydrogen (secondary N) is 3. The predicted molar refractivity (Wildman–Crippen MR) is 197 cm³/mol. The Bertz CT molecular complexity index is 2180. The zero-order valence-electron chi connectivity index (χ0n) is 30.2. The van der Waals surface area contributed by atoms with Gasteiger partial charge in [-0.25, -0.2) is 0 Å². The first-order chi connectivity index (χ1) is 25.6. The molecule has 1 aliphatic carbocycles. The van der Waals surface area contributed by atoms with Crippen LogP contribution >= 0.6 is 11.6 Å². The van der Waals surface area contributed by atoms with E-state index in [4.69, 9.17) is 16.3 Å². The third kappa shape index (κ3) is 6.14. The second-order valence-electron chi connectivity index (χ2n) is 15.4. The van der Waals surface area contributed by atoms with Gasteiger partial charge in [0, 0.05) is 65.8 Å². The lowest BCUT2D eigenvalue weighted by Gasteiger charge is -2.63. The van der Waals surface area contributed by atoms with Gasteiger partial charge in [-0.05, 0) is 54.8 Å². The highest BCUT2D eigenvalue weighted by atomic mass is 35.5. The smallest absolute Gasteiger partial charge is 0.264 e. The van der Waals surface area contributed by atoms with Crippen LogP contribution in [0.2, 0.25) is 5.02 Å². The summed E-state index contributed by atoms with van der Waals surface area (Å²) in [5, 5.41) is 18.1. The average Bonchev–Trinajstić information content (AvgIpc) is 3.58. The van der Waals surface area contributed by atoms with E-state index in [1.165, 1.54) is 6.07 Å². The summed E-state index contributed by atoms with van der Waals surface area (Å²) in [5.41, 5.74) is 1.94. The van der Waals surface area contributed by atoms with Crippen LogP contribution in [0.1, 0.15) is 99.5 Å². The maximum atomic E-state index is 13.6. The summed E-state index contributed by atoms with van der Waals surface area (Å²) in [5.74, 6) is -2.21. The Kier molecular flexibility index (Phi) is 9.22. The molecule has 1 saturated carbocycles. The van der Waals surface area contributed by atoms with Crippen LogP contribution in [0.15, 0.2) is 54.6 Å². The molecule has 3 N–H and O–H groups in total. The average molecular weight is 751 g/mol. The lowest BCUT2D eigenvalue weighted by Crippen LogP contribution is -2.74. The van der Waals surface area contributed by atoms with E-state index in [-0.39, 0.29) is 47.9 Å². The normalized spacial score (nSPS) is 22.2. The van der Waals surface area contributed by atoms with Crippen LogP contribution in [0.3, 0.4) is 0 Å². The molecule has 1 atom stereocenters. The fraction of sp³-hybridized carbons (Fsp3) is 0.375. The van der Waals surface area contributed by atoms with Crippen molar-refractivity contribution < 1.29 is 33.5 Å². The maximum absolute atomic E-state index is 13.6. The van der Waals surface area contributed by atoms with Gasteiger partial charge in [-0.15, -0.1) is 0 Å². The predicted octanol–water partition coefficient (Wildman–Crippen LogP) is 4.68. The van der Waals surface area contributed by atoms with Gasteiger partial charge in [-0.3, -0.25) is 39.0 Å². The van der Waals surface area contributed by atoms with Crippen molar-refractivity contribution in [2.24, 2.45) is 10.8 Å². The molecule has 0 spiro atoms. The van der Waals surface area contributed by atoms with E-state index in [2.05, 4.69) is 16.0 Å². The van der Waals surface area contributed by atoms with Crippen LogP contribution in [0, 0.1) is 22.2 Å². The number of rotatable bonds is 10. The molecular formula is C40H39ClN6O7. The number of anilines is 1. The number of hydrogen-bond donors (Lipinski definition) is 3. The quantitative estimate of drug-likeness (QED) is 0.196. The third-order valence-corrected chi connectivity index (χ3v) is 11.4. The van der Waals surface area contributed by atoms with Crippen LogP contribution in [0.5, 0.6) is 5.75 Å². The van der Waals surface area contributed by atoms with Crippen LogP contribution in [-0.4, -0.2) is 76.5 Å². The van der Waals surface area contributed by atoms with E-state index in [0.29, 0.717) is 59.2 Å². The second kappa shape index (κ2) is 13.6. The van der Waals surface area contributed by atoms with E-state index in [9.17, 15) is 34.0 Å². The summed E-state index contributed by atoms with van der Waals surface area (Å²) < 4.78 is 6.34. The number of piperidine rings is 1. The fourth-order valence-corrected chi connectivity index (χ4v) is 8.86. The Labute approximate surface area is 316 Å². The van der Waals surface area contributed by atoms with Crippen LogP contribution in [0.25, 0.3) is 0 Å². The summed E-state index contributed by atoms with van der Waals surface area (Å²) in [6, 6.07) is 15.8. The first-order valence-electron chi connectivity index (χ1n) is 17.8. The summed E-state index contributed by atoms with van der Waals surface area (Å²) >= 11 is 6.23. The molecule has 3 aromatic carbocycles. The summed E-state index contributed by atoms with van der Waals surface area (Å²) in [6.07, 6.45) is 0.374. The van der Waals surface area contributed by atoms with Crippen molar-refractivity contribution in [3.63, 3.8) is 0 Å². The topological polar surface area (TPSA) is 178 Å². The number of carbonyl (C=O) groups excluding carboxylic acids is 6. The van der Waals surface area contributed by atoms with Gasteiger partial charge in [0.2, 0.25) is 11.8 Å². The van der Waals surface area contributed by atoms with Gasteiger partial charge >= 0.3 is 0 Å². The second-order valence-corrected chi connectivity index (χ2v) is 15.8. The Hall–Kier alpha value is -5.74. The molecule has 0 radical (unpaired) electrons. The maximum Gasteiger partial charge on any atom is 0.264 e. The van der Waals surface area contributed by atoms with Crippen LogP contribution in [-0.2, 0) is 16.1 Å². The van der Waals surface area contributed by atoms with Crippen molar-refractivity contribution in [2.45, 2.75) is 71.7 Å². The highest BCUT2D eigenvalue weighted by Crippen LogP contribution is 2.55. The number of hydrogen-bond acceptors (Lipinski definition) is 9. The minimum Gasteiger partial charge on any atom is -0.489 e. The van der Waals surface area contributed by atoms with Crippen LogP contribution < -0.4 is 20.7 Å². The monoisotopic (exact) mass is 750 g/mol. The number of carbonyl (C=O) groups is 6. The minimum atomic E-state index is -1.05. The van der Waals surface area contributed by atoms with Crippen molar-refractivity contribution >= 4 is 52.7 Å². The van der Waals surface area contributed by atoms with Crippen LogP contribution in [0.4, 0.5) is 5.69 Å². The third-order valence-electron chi connectivity index (χ3n) is 11.1. The summed E-state index contributed by atoms with van der Waals surface area (Å²) in [6.45, 7) is 9.29. The van der Waals surface area contributed by atoms with Crippen molar-refractivity contribution in [3.05, 3.63) is 93.0 Å². The molecule has 4 aliphatic rings. The molecule has 7 rings (SSSR count). The highest BCUT2D eigenvalue weighted by Gasteiger charge is 2.64. The molecule has 0 aromatic heterocycles. The van der Waals surface area contributed by atoms with Crippen molar-refractivity contribution in [3.8, 4) is 11.8 Å². The standard InChI is InChI=1S/C40H39ClN6O7/c1-39(2)37(40(3,4)38(39)54-24-12-11-22(19-42)27(41)18-24)45-32(49)21-9-10-23-20-46(34(51)26(23)17-21)16-6-15-43-28-8-5-7-25-31(28)36(53)47(35(25)52)29-13-14-30(48)44-33(29)50/h5,7-12,17-18,29,37-38,43H,6,13-16,20H2,1-4H3,(H,45,49)(H,44,48,50). The SMILES string of the molecule is CC1(C)C(NC(=O)c2ccc3c(c2)C(=O)N(CCCNc2cccc4c2C(=O)N(C2CCC(=O)NC2=O)C4=O)C3)C(C)(C)C1Oc1ccc(C#N)c(Cl)c1. The number of imide groups is 2. The molecular weight excluding hydrogens is 712 g/mol. The van der Waals surface area contributed by atoms with Crippen molar-refractivity contribution in [1.29, 1.82) is 5.26 Å². The lowest BCUT2D eigenvalue weighted by atomic mass is 9.49. The zero-order chi connectivity index (χ0) is 38.7. The Morgan fingerprint density at radius 3 is 2.44 bits per heavy atom. The fourth-order valence-electron chi connectivity index (χ4n) is 8.65. The first kappa shape index (κ1) is 36.6. The van der Waals surface area contributed by atoms with Gasteiger partial charge in [0.1, 0.15) is 24.0 Å². The molecule has 0 bridgehead atoms.